The first-order valence-electron chi connectivity index (χ1n) is 9.24. The molecule has 0 unspecified atom stereocenters. The van der Waals surface area contributed by atoms with Gasteiger partial charge in [0.05, 0.1) is 0 Å². The van der Waals surface area contributed by atoms with Crippen LogP contribution in [0.5, 0.6) is 0 Å². The van der Waals surface area contributed by atoms with Gasteiger partial charge in [0, 0.05) is 37.8 Å². The lowest BCUT2D eigenvalue weighted by Crippen LogP contribution is -2.33. The van der Waals surface area contributed by atoms with Gasteiger partial charge in [-0.25, -0.2) is 9.97 Å². The van der Waals surface area contributed by atoms with Gasteiger partial charge in [-0.2, -0.15) is 0 Å². The van der Waals surface area contributed by atoms with Crippen molar-refractivity contribution < 1.29 is 0 Å². The first kappa shape index (κ1) is 15.4. The Bertz CT molecular complexity index is 671. The van der Waals surface area contributed by atoms with Gasteiger partial charge < -0.3 is 9.80 Å². The Morgan fingerprint density at radius 3 is 2.04 bits per heavy atom. The van der Waals surface area contributed by atoms with Gasteiger partial charge in [-0.05, 0) is 31.6 Å². The highest BCUT2D eigenvalue weighted by molar-refractivity contribution is 5.62. The normalized spacial score (nSPS) is 19.0. The zero-order chi connectivity index (χ0) is 16.4. The van der Waals surface area contributed by atoms with E-state index >= 15 is 0 Å². The molecule has 0 aliphatic carbocycles. The summed E-state index contributed by atoms with van der Waals surface area (Å²) in [7, 11) is 0. The molecule has 0 saturated carbocycles. The number of anilines is 2. The SMILES string of the molecule is CC1CCN(c2cc(N3CCCC3)nc(-c3ccccc3)n2)CC1. The van der Waals surface area contributed by atoms with Gasteiger partial charge in [0.2, 0.25) is 0 Å². The fourth-order valence-corrected chi connectivity index (χ4v) is 3.65. The van der Waals surface area contributed by atoms with Crippen LogP contribution in [0.15, 0.2) is 36.4 Å². The van der Waals surface area contributed by atoms with Gasteiger partial charge in [0.25, 0.3) is 0 Å². The van der Waals surface area contributed by atoms with Crippen LogP contribution in [0.2, 0.25) is 0 Å². The van der Waals surface area contributed by atoms with Crippen LogP contribution in [-0.4, -0.2) is 36.1 Å². The summed E-state index contributed by atoms with van der Waals surface area (Å²) in [6, 6.07) is 12.6. The van der Waals surface area contributed by atoms with E-state index in [-0.39, 0.29) is 0 Å². The Morgan fingerprint density at radius 2 is 1.42 bits per heavy atom. The molecule has 2 saturated heterocycles. The number of aromatic nitrogens is 2. The van der Waals surface area contributed by atoms with E-state index in [4.69, 9.17) is 9.97 Å². The highest BCUT2D eigenvalue weighted by atomic mass is 15.2. The molecule has 2 aromatic rings. The summed E-state index contributed by atoms with van der Waals surface area (Å²) in [6.45, 7) is 6.78. The third kappa shape index (κ3) is 3.23. The second-order valence-corrected chi connectivity index (χ2v) is 7.14. The summed E-state index contributed by atoms with van der Waals surface area (Å²) in [4.78, 5) is 14.6. The van der Waals surface area contributed by atoms with E-state index in [1.165, 1.54) is 25.7 Å². The summed E-state index contributed by atoms with van der Waals surface area (Å²) >= 11 is 0. The molecule has 0 radical (unpaired) electrons. The molecular weight excluding hydrogens is 296 g/mol. The summed E-state index contributed by atoms with van der Waals surface area (Å²) in [5.74, 6) is 3.87. The average Bonchev–Trinajstić information content (AvgIpc) is 3.17. The van der Waals surface area contributed by atoms with Crippen molar-refractivity contribution in [3.8, 4) is 11.4 Å². The molecule has 126 valence electrons. The van der Waals surface area contributed by atoms with Crippen LogP contribution in [0.25, 0.3) is 11.4 Å². The van der Waals surface area contributed by atoms with Crippen LogP contribution in [0.1, 0.15) is 32.6 Å². The summed E-state index contributed by atoms with van der Waals surface area (Å²) < 4.78 is 0. The number of piperidine rings is 1. The summed E-state index contributed by atoms with van der Waals surface area (Å²) in [5, 5.41) is 0. The van der Waals surface area contributed by atoms with Gasteiger partial charge in [-0.1, -0.05) is 37.3 Å². The Balaban J connectivity index is 1.70. The lowest BCUT2D eigenvalue weighted by Gasteiger charge is -2.32. The molecule has 3 heterocycles. The molecule has 4 heteroatoms. The van der Waals surface area contributed by atoms with Crippen LogP contribution in [0.3, 0.4) is 0 Å². The van der Waals surface area contributed by atoms with E-state index in [0.717, 1.165) is 55.1 Å². The highest BCUT2D eigenvalue weighted by Crippen LogP contribution is 2.28. The summed E-state index contributed by atoms with van der Waals surface area (Å²) in [5.41, 5.74) is 1.10. The Morgan fingerprint density at radius 1 is 0.833 bits per heavy atom. The van der Waals surface area contributed by atoms with Crippen molar-refractivity contribution in [2.75, 3.05) is 36.0 Å². The van der Waals surface area contributed by atoms with Crippen molar-refractivity contribution in [1.82, 2.24) is 9.97 Å². The van der Waals surface area contributed by atoms with E-state index in [1.54, 1.807) is 0 Å². The molecule has 0 amide bonds. The number of hydrogen-bond acceptors (Lipinski definition) is 4. The van der Waals surface area contributed by atoms with Crippen LogP contribution >= 0.6 is 0 Å². The number of hydrogen-bond donors (Lipinski definition) is 0. The van der Waals surface area contributed by atoms with Crippen molar-refractivity contribution in [3.63, 3.8) is 0 Å². The molecule has 4 nitrogen and oxygen atoms in total. The van der Waals surface area contributed by atoms with Gasteiger partial charge in [-0.3, -0.25) is 0 Å². The minimum Gasteiger partial charge on any atom is -0.356 e. The molecule has 0 N–H and O–H groups in total. The smallest absolute Gasteiger partial charge is 0.163 e. The Kier molecular flexibility index (Phi) is 4.37. The van der Waals surface area contributed by atoms with Crippen LogP contribution in [-0.2, 0) is 0 Å². The molecule has 2 aliphatic rings. The molecule has 24 heavy (non-hydrogen) atoms. The van der Waals surface area contributed by atoms with Crippen molar-refractivity contribution in [1.29, 1.82) is 0 Å². The quantitative estimate of drug-likeness (QED) is 0.855. The second-order valence-electron chi connectivity index (χ2n) is 7.14. The first-order chi connectivity index (χ1) is 11.8. The van der Waals surface area contributed by atoms with Crippen LogP contribution < -0.4 is 9.80 Å². The van der Waals surface area contributed by atoms with Gasteiger partial charge in [0.1, 0.15) is 11.6 Å². The molecule has 2 fully saturated rings. The third-order valence-corrected chi connectivity index (χ3v) is 5.27. The van der Waals surface area contributed by atoms with Crippen molar-refractivity contribution in [2.45, 2.75) is 32.6 Å². The van der Waals surface area contributed by atoms with Crippen molar-refractivity contribution in [3.05, 3.63) is 36.4 Å². The van der Waals surface area contributed by atoms with E-state index in [2.05, 4.69) is 47.1 Å². The van der Waals surface area contributed by atoms with Gasteiger partial charge in [0.15, 0.2) is 5.82 Å². The molecule has 4 rings (SSSR count). The van der Waals surface area contributed by atoms with Crippen molar-refractivity contribution in [2.24, 2.45) is 5.92 Å². The molecule has 0 bridgehead atoms. The lowest BCUT2D eigenvalue weighted by molar-refractivity contribution is 0.436. The van der Waals surface area contributed by atoms with E-state index in [1.807, 2.05) is 6.07 Å². The predicted octanol–water partition coefficient (Wildman–Crippen LogP) is 3.98. The maximum atomic E-state index is 4.91. The fourth-order valence-electron chi connectivity index (χ4n) is 3.65. The van der Waals surface area contributed by atoms with E-state index in [0.29, 0.717) is 0 Å². The minimum absolute atomic E-state index is 0.828. The van der Waals surface area contributed by atoms with E-state index < -0.39 is 0 Å². The number of rotatable bonds is 3. The highest BCUT2D eigenvalue weighted by Gasteiger charge is 2.21. The van der Waals surface area contributed by atoms with Crippen LogP contribution in [0.4, 0.5) is 11.6 Å². The maximum absolute atomic E-state index is 4.91. The molecule has 1 aromatic heterocycles. The Hall–Kier alpha value is -2.10. The average molecular weight is 322 g/mol. The monoisotopic (exact) mass is 322 g/mol. The van der Waals surface area contributed by atoms with Crippen LogP contribution in [0, 0.1) is 5.92 Å². The zero-order valence-electron chi connectivity index (χ0n) is 14.5. The molecular formula is C20H26N4. The third-order valence-electron chi connectivity index (χ3n) is 5.27. The van der Waals surface area contributed by atoms with E-state index in [9.17, 15) is 0 Å². The maximum Gasteiger partial charge on any atom is 0.163 e. The topological polar surface area (TPSA) is 32.3 Å². The predicted molar refractivity (Wildman–Crippen MR) is 99.5 cm³/mol. The zero-order valence-corrected chi connectivity index (χ0v) is 14.5. The first-order valence-corrected chi connectivity index (χ1v) is 9.24. The molecule has 2 aliphatic heterocycles. The Labute approximate surface area is 144 Å². The van der Waals surface area contributed by atoms with Gasteiger partial charge in [-0.15, -0.1) is 0 Å². The minimum atomic E-state index is 0.828. The number of nitrogens with zero attached hydrogens (tertiary/aromatic N) is 4. The molecule has 0 spiro atoms. The molecule has 1 aromatic carbocycles. The standard InChI is InChI=1S/C20H26N4/c1-16-9-13-24(14-10-16)19-15-18(23-11-5-6-12-23)21-20(22-19)17-7-3-2-4-8-17/h2-4,7-8,15-16H,5-6,9-14H2,1H3. The molecule has 0 atom stereocenters. The lowest BCUT2D eigenvalue weighted by atomic mass is 9.99. The summed E-state index contributed by atoms with van der Waals surface area (Å²) in [6.07, 6.45) is 5.04. The largest absolute Gasteiger partial charge is 0.356 e. The fraction of sp³-hybridized carbons (Fsp3) is 0.500. The number of benzene rings is 1. The second kappa shape index (κ2) is 6.80. The van der Waals surface area contributed by atoms with Gasteiger partial charge >= 0.3 is 0 Å². The van der Waals surface area contributed by atoms with Crippen molar-refractivity contribution >= 4 is 11.6 Å².